The topological polar surface area (TPSA) is 55.1 Å². The summed E-state index contributed by atoms with van der Waals surface area (Å²) in [4.78, 5) is 12.5. The standard InChI is InChI=1S/C14H17FN2OS/c15-11-6-4-5-10(9-11)12(18)17-14(13(16)19)7-2-1-3-8-14/h4-6,9H,1-3,7-8H2,(H2,16,19)(H,17,18). The maximum atomic E-state index is 13.1. The first kappa shape index (κ1) is 13.9. The highest BCUT2D eigenvalue weighted by Gasteiger charge is 2.36. The van der Waals surface area contributed by atoms with Crippen LogP contribution in [-0.4, -0.2) is 16.4 Å². The third-order valence-electron chi connectivity index (χ3n) is 3.62. The summed E-state index contributed by atoms with van der Waals surface area (Å²) in [5, 5.41) is 2.90. The summed E-state index contributed by atoms with van der Waals surface area (Å²) in [5.41, 5.74) is 5.48. The molecule has 0 radical (unpaired) electrons. The fourth-order valence-electron chi connectivity index (χ4n) is 2.51. The van der Waals surface area contributed by atoms with E-state index in [1.54, 1.807) is 6.07 Å². The van der Waals surface area contributed by atoms with Crippen molar-refractivity contribution in [3.05, 3.63) is 35.6 Å². The summed E-state index contributed by atoms with van der Waals surface area (Å²) in [7, 11) is 0. The average molecular weight is 280 g/mol. The van der Waals surface area contributed by atoms with Crippen LogP contribution in [0.4, 0.5) is 4.39 Å². The van der Waals surface area contributed by atoms with Crippen LogP contribution in [0.2, 0.25) is 0 Å². The van der Waals surface area contributed by atoms with Gasteiger partial charge in [0, 0.05) is 5.56 Å². The van der Waals surface area contributed by atoms with E-state index < -0.39 is 11.4 Å². The Morgan fingerprint density at radius 3 is 2.58 bits per heavy atom. The predicted molar refractivity (Wildman–Crippen MR) is 76.5 cm³/mol. The van der Waals surface area contributed by atoms with Gasteiger partial charge in [-0.05, 0) is 31.0 Å². The molecule has 0 unspecified atom stereocenters. The molecule has 1 aliphatic rings. The van der Waals surface area contributed by atoms with Gasteiger partial charge in [0.05, 0.1) is 10.5 Å². The molecule has 0 heterocycles. The van der Waals surface area contributed by atoms with Gasteiger partial charge >= 0.3 is 0 Å². The van der Waals surface area contributed by atoms with Crippen LogP contribution in [0.3, 0.4) is 0 Å². The van der Waals surface area contributed by atoms with Gasteiger partial charge in [-0.25, -0.2) is 4.39 Å². The normalized spacial score (nSPS) is 17.7. The molecule has 0 aliphatic heterocycles. The maximum absolute atomic E-state index is 13.1. The number of hydrogen-bond acceptors (Lipinski definition) is 2. The SMILES string of the molecule is NC(=S)C1(NC(=O)c2cccc(F)c2)CCCCC1. The van der Waals surface area contributed by atoms with E-state index in [0.717, 1.165) is 32.1 Å². The molecule has 1 aromatic rings. The Morgan fingerprint density at radius 1 is 1.32 bits per heavy atom. The zero-order chi connectivity index (χ0) is 13.9. The molecule has 1 saturated carbocycles. The van der Waals surface area contributed by atoms with Crippen LogP contribution in [0.25, 0.3) is 0 Å². The summed E-state index contributed by atoms with van der Waals surface area (Å²) >= 11 is 5.11. The summed E-state index contributed by atoms with van der Waals surface area (Å²) in [6, 6.07) is 5.61. The third kappa shape index (κ3) is 3.10. The van der Waals surface area contributed by atoms with E-state index >= 15 is 0 Å². The maximum Gasteiger partial charge on any atom is 0.252 e. The van der Waals surface area contributed by atoms with E-state index in [4.69, 9.17) is 18.0 Å². The number of nitrogens with one attached hydrogen (secondary N) is 1. The highest BCUT2D eigenvalue weighted by molar-refractivity contribution is 7.80. The van der Waals surface area contributed by atoms with Crippen LogP contribution in [0.1, 0.15) is 42.5 Å². The molecule has 0 bridgehead atoms. The van der Waals surface area contributed by atoms with Crippen LogP contribution in [0, 0.1) is 5.82 Å². The Kier molecular flexibility index (Phi) is 4.14. The van der Waals surface area contributed by atoms with Gasteiger partial charge in [0.15, 0.2) is 0 Å². The third-order valence-corrected chi connectivity index (χ3v) is 4.01. The van der Waals surface area contributed by atoms with Crippen molar-refractivity contribution in [3.8, 4) is 0 Å². The molecule has 0 atom stereocenters. The van der Waals surface area contributed by atoms with Gasteiger partial charge in [0.1, 0.15) is 5.82 Å². The highest BCUT2D eigenvalue weighted by atomic mass is 32.1. The fraction of sp³-hybridized carbons (Fsp3) is 0.429. The lowest BCUT2D eigenvalue weighted by atomic mass is 9.81. The minimum absolute atomic E-state index is 0.293. The van der Waals surface area contributed by atoms with E-state index in [0.29, 0.717) is 10.6 Å². The summed E-state index contributed by atoms with van der Waals surface area (Å²) in [6.45, 7) is 0. The number of carbonyl (C=O) groups is 1. The molecular weight excluding hydrogens is 263 g/mol. The quantitative estimate of drug-likeness (QED) is 0.837. The van der Waals surface area contributed by atoms with Crippen LogP contribution < -0.4 is 11.1 Å². The van der Waals surface area contributed by atoms with Crippen molar-refractivity contribution >= 4 is 23.1 Å². The number of amides is 1. The molecule has 1 aliphatic carbocycles. The van der Waals surface area contributed by atoms with Crippen LogP contribution in [0.15, 0.2) is 24.3 Å². The number of benzene rings is 1. The number of hydrogen-bond donors (Lipinski definition) is 2. The van der Waals surface area contributed by atoms with Gasteiger partial charge in [-0.2, -0.15) is 0 Å². The first-order valence-corrected chi connectivity index (χ1v) is 6.82. The molecule has 1 aromatic carbocycles. The first-order valence-electron chi connectivity index (χ1n) is 6.41. The molecule has 1 fully saturated rings. The van der Waals surface area contributed by atoms with Crippen LogP contribution in [-0.2, 0) is 0 Å². The molecule has 3 N–H and O–H groups in total. The van der Waals surface area contributed by atoms with Gasteiger partial charge in [-0.3, -0.25) is 4.79 Å². The van der Waals surface area contributed by atoms with E-state index in [1.807, 2.05) is 0 Å². The number of nitrogens with two attached hydrogens (primary N) is 1. The van der Waals surface area contributed by atoms with Crippen molar-refractivity contribution in [2.45, 2.75) is 37.6 Å². The molecular formula is C14H17FN2OS. The highest BCUT2D eigenvalue weighted by Crippen LogP contribution is 2.29. The largest absolute Gasteiger partial charge is 0.391 e. The smallest absolute Gasteiger partial charge is 0.252 e. The Bertz CT molecular complexity index is 498. The second-order valence-electron chi connectivity index (χ2n) is 4.97. The second kappa shape index (κ2) is 5.65. The summed E-state index contributed by atoms with van der Waals surface area (Å²) < 4.78 is 13.1. The molecule has 0 saturated heterocycles. The van der Waals surface area contributed by atoms with E-state index in [9.17, 15) is 9.18 Å². The molecule has 102 valence electrons. The van der Waals surface area contributed by atoms with Crippen molar-refractivity contribution in [1.29, 1.82) is 0 Å². The molecule has 1 amide bonds. The van der Waals surface area contributed by atoms with Crippen LogP contribution >= 0.6 is 12.2 Å². The van der Waals surface area contributed by atoms with Gasteiger partial charge in [0.2, 0.25) is 0 Å². The summed E-state index contributed by atoms with van der Waals surface area (Å²) in [5.74, 6) is -0.755. The van der Waals surface area contributed by atoms with Gasteiger partial charge < -0.3 is 11.1 Å². The predicted octanol–water partition coefficient (Wildman–Crippen LogP) is 2.54. The average Bonchev–Trinajstić information content (AvgIpc) is 2.39. The van der Waals surface area contributed by atoms with Crippen molar-refractivity contribution < 1.29 is 9.18 Å². The van der Waals surface area contributed by atoms with E-state index in [-0.39, 0.29) is 5.91 Å². The molecule has 2 rings (SSSR count). The minimum atomic E-state index is -0.614. The molecule has 0 aromatic heterocycles. The second-order valence-corrected chi connectivity index (χ2v) is 5.41. The lowest BCUT2D eigenvalue weighted by Gasteiger charge is -2.37. The van der Waals surface area contributed by atoms with E-state index in [1.165, 1.54) is 18.2 Å². The summed E-state index contributed by atoms with van der Waals surface area (Å²) in [6.07, 6.45) is 4.61. The monoisotopic (exact) mass is 280 g/mol. The van der Waals surface area contributed by atoms with Gasteiger partial charge in [-0.15, -0.1) is 0 Å². The number of rotatable bonds is 3. The van der Waals surface area contributed by atoms with Crippen LogP contribution in [0.5, 0.6) is 0 Å². The van der Waals surface area contributed by atoms with E-state index in [2.05, 4.69) is 5.32 Å². The lowest BCUT2D eigenvalue weighted by molar-refractivity contribution is 0.0908. The molecule has 3 nitrogen and oxygen atoms in total. The first-order chi connectivity index (χ1) is 9.03. The fourth-order valence-corrected chi connectivity index (χ4v) is 2.76. The number of carbonyl (C=O) groups excluding carboxylic acids is 1. The number of thiocarbonyl (C=S) groups is 1. The van der Waals surface area contributed by atoms with Crippen molar-refractivity contribution in [1.82, 2.24) is 5.32 Å². The minimum Gasteiger partial charge on any atom is -0.391 e. The zero-order valence-corrected chi connectivity index (χ0v) is 11.4. The van der Waals surface area contributed by atoms with Crippen molar-refractivity contribution in [2.24, 2.45) is 5.73 Å². The Hall–Kier alpha value is -1.49. The Balaban J connectivity index is 2.18. The van der Waals surface area contributed by atoms with Crippen molar-refractivity contribution in [2.75, 3.05) is 0 Å². The Labute approximate surface area is 117 Å². The van der Waals surface area contributed by atoms with Crippen molar-refractivity contribution in [3.63, 3.8) is 0 Å². The molecule has 0 spiro atoms. The Morgan fingerprint density at radius 2 is 2.00 bits per heavy atom. The molecule has 19 heavy (non-hydrogen) atoms. The zero-order valence-electron chi connectivity index (χ0n) is 10.6. The lowest BCUT2D eigenvalue weighted by Crippen LogP contribution is -2.57. The molecule has 5 heteroatoms. The van der Waals surface area contributed by atoms with Gasteiger partial charge in [0.25, 0.3) is 5.91 Å². The number of halogens is 1. The van der Waals surface area contributed by atoms with Gasteiger partial charge in [-0.1, -0.05) is 37.5 Å².